The van der Waals surface area contributed by atoms with Crippen molar-refractivity contribution in [3.05, 3.63) is 76.1 Å². The molecule has 5 aromatic rings. The number of anilines is 1. The number of aryl methyl sites for hydroxylation is 1. The van der Waals surface area contributed by atoms with Gasteiger partial charge in [0, 0.05) is 21.3 Å². The summed E-state index contributed by atoms with van der Waals surface area (Å²) in [7, 11) is 1.57. The molecule has 2 aromatic heterocycles. The third-order valence-electron chi connectivity index (χ3n) is 5.32. The van der Waals surface area contributed by atoms with Crippen LogP contribution >= 0.6 is 34.3 Å². The molecule has 0 aliphatic rings. The SMILES string of the molecule is COc1ccc2c(Cl)c(C(=O)OCC(=O)Nc3ccc(-c4nc5ccc(C)cc5s4)cc3)sc2c1. The maximum Gasteiger partial charge on any atom is 0.350 e. The van der Waals surface area contributed by atoms with Crippen molar-refractivity contribution in [3.8, 4) is 16.3 Å². The average Bonchev–Trinajstić information content (AvgIpc) is 3.43. The first-order chi connectivity index (χ1) is 16.9. The Hall–Kier alpha value is -3.46. The minimum Gasteiger partial charge on any atom is -0.497 e. The number of amides is 1. The quantitative estimate of drug-likeness (QED) is 0.244. The van der Waals surface area contributed by atoms with Gasteiger partial charge in [-0.05, 0) is 67.1 Å². The van der Waals surface area contributed by atoms with Crippen molar-refractivity contribution in [1.29, 1.82) is 0 Å². The van der Waals surface area contributed by atoms with Crippen molar-refractivity contribution < 1.29 is 19.1 Å². The van der Waals surface area contributed by atoms with Gasteiger partial charge in [-0.2, -0.15) is 0 Å². The Bertz CT molecular complexity index is 1570. The Labute approximate surface area is 214 Å². The number of thiophene rings is 1. The number of esters is 1. The molecule has 9 heteroatoms. The molecule has 0 aliphatic heterocycles. The zero-order chi connectivity index (χ0) is 24.5. The van der Waals surface area contributed by atoms with Gasteiger partial charge in [0.15, 0.2) is 6.61 Å². The summed E-state index contributed by atoms with van der Waals surface area (Å²) in [4.78, 5) is 29.8. The van der Waals surface area contributed by atoms with Crippen LogP contribution in [0.3, 0.4) is 0 Å². The van der Waals surface area contributed by atoms with Crippen LogP contribution in [0.5, 0.6) is 5.75 Å². The summed E-state index contributed by atoms with van der Waals surface area (Å²) in [5.41, 5.74) is 3.72. The van der Waals surface area contributed by atoms with Gasteiger partial charge in [-0.1, -0.05) is 17.7 Å². The summed E-state index contributed by atoms with van der Waals surface area (Å²) in [6, 6.07) is 18.9. The number of methoxy groups -OCH3 is 1. The van der Waals surface area contributed by atoms with E-state index >= 15 is 0 Å². The first-order valence-electron chi connectivity index (χ1n) is 10.6. The van der Waals surface area contributed by atoms with E-state index in [-0.39, 0.29) is 4.88 Å². The van der Waals surface area contributed by atoms with E-state index in [0.29, 0.717) is 16.5 Å². The van der Waals surface area contributed by atoms with Crippen LogP contribution < -0.4 is 10.1 Å². The van der Waals surface area contributed by atoms with Gasteiger partial charge in [0.1, 0.15) is 15.6 Å². The van der Waals surface area contributed by atoms with Crippen LogP contribution in [0.2, 0.25) is 5.02 Å². The number of thiazole rings is 1. The first kappa shape index (κ1) is 23.3. The van der Waals surface area contributed by atoms with E-state index in [0.717, 1.165) is 30.9 Å². The summed E-state index contributed by atoms with van der Waals surface area (Å²) < 4.78 is 12.3. The number of ether oxygens (including phenoxy) is 2. The number of hydrogen-bond donors (Lipinski definition) is 1. The van der Waals surface area contributed by atoms with E-state index in [4.69, 9.17) is 21.1 Å². The molecular weight excluding hydrogens is 504 g/mol. The number of carbonyl (C=O) groups is 2. The lowest BCUT2D eigenvalue weighted by atomic mass is 10.2. The molecule has 0 unspecified atom stereocenters. The number of hydrogen-bond acceptors (Lipinski definition) is 7. The van der Waals surface area contributed by atoms with Crippen molar-refractivity contribution >= 4 is 72.1 Å². The van der Waals surface area contributed by atoms with Gasteiger partial charge >= 0.3 is 5.97 Å². The van der Waals surface area contributed by atoms with Crippen molar-refractivity contribution in [1.82, 2.24) is 4.98 Å². The molecule has 0 spiro atoms. The van der Waals surface area contributed by atoms with Gasteiger partial charge in [0.05, 0.1) is 22.3 Å². The number of aromatic nitrogens is 1. The monoisotopic (exact) mass is 522 g/mol. The summed E-state index contributed by atoms with van der Waals surface area (Å²) in [6.45, 7) is 1.63. The lowest BCUT2D eigenvalue weighted by molar-refractivity contribution is -0.119. The van der Waals surface area contributed by atoms with Gasteiger partial charge in [-0.15, -0.1) is 22.7 Å². The Kier molecular flexibility index (Phi) is 6.42. The number of nitrogens with zero attached hydrogens (tertiary/aromatic N) is 1. The average molecular weight is 523 g/mol. The van der Waals surface area contributed by atoms with E-state index in [2.05, 4.69) is 23.3 Å². The minimum atomic E-state index is -0.647. The van der Waals surface area contributed by atoms with Crippen molar-refractivity contribution in [3.63, 3.8) is 0 Å². The lowest BCUT2D eigenvalue weighted by Crippen LogP contribution is -2.20. The van der Waals surface area contributed by atoms with E-state index in [9.17, 15) is 9.59 Å². The summed E-state index contributed by atoms with van der Waals surface area (Å²) >= 11 is 9.18. The molecule has 5 rings (SSSR count). The van der Waals surface area contributed by atoms with Gasteiger partial charge in [-0.25, -0.2) is 9.78 Å². The standard InChI is InChI=1S/C26H19ClN2O4S2/c1-14-3-10-19-21(11-14)35-25(29-19)15-4-6-16(7-5-15)28-22(30)13-33-26(31)24-23(27)18-9-8-17(32-2)12-20(18)34-24/h3-12H,13H2,1-2H3,(H,28,30). The highest BCUT2D eigenvalue weighted by molar-refractivity contribution is 7.22. The Balaban J connectivity index is 1.21. The second kappa shape index (κ2) is 9.65. The van der Waals surface area contributed by atoms with Crippen molar-refractivity contribution in [2.75, 3.05) is 19.0 Å². The van der Waals surface area contributed by atoms with Crippen LogP contribution in [0.1, 0.15) is 15.2 Å². The molecule has 3 aromatic carbocycles. The van der Waals surface area contributed by atoms with Gasteiger partial charge < -0.3 is 14.8 Å². The molecule has 35 heavy (non-hydrogen) atoms. The molecule has 0 bridgehead atoms. The largest absolute Gasteiger partial charge is 0.497 e. The molecule has 0 radical (unpaired) electrons. The topological polar surface area (TPSA) is 77.5 Å². The van der Waals surface area contributed by atoms with Crippen LogP contribution in [0.25, 0.3) is 30.9 Å². The van der Waals surface area contributed by atoms with Gasteiger partial charge in [0.2, 0.25) is 0 Å². The molecule has 6 nitrogen and oxygen atoms in total. The number of carbonyl (C=O) groups excluding carboxylic acids is 2. The van der Waals surface area contributed by atoms with Gasteiger partial charge in [-0.3, -0.25) is 4.79 Å². The number of nitrogens with one attached hydrogen (secondary N) is 1. The number of rotatable bonds is 6. The normalized spacial score (nSPS) is 11.1. The van der Waals surface area contributed by atoms with E-state index in [1.54, 1.807) is 48.8 Å². The molecule has 1 amide bonds. The second-order valence-electron chi connectivity index (χ2n) is 7.80. The van der Waals surface area contributed by atoms with Crippen LogP contribution in [-0.2, 0) is 9.53 Å². The van der Waals surface area contributed by atoms with Crippen LogP contribution in [-0.4, -0.2) is 30.6 Å². The maximum absolute atomic E-state index is 12.5. The molecular formula is C26H19ClN2O4S2. The summed E-state index contributed by atoms with van der Waals surface area (Å²) in [6.07, 6.45) is 0. The maximum atomic E-state index is 12.5. The molecule has 0 fully saturated rings. The molecule has 2 heterocycles. The number of halogens is 1. The van der Waals surface area contributed by atoms with E-state index in [1.807, 2.05) is 24.3 Å². The van der Waals surface area contributed by atoms with E-state index in [1.165, 1.54) is 16.9 Å². The molecule has 0 aliphatic carbocycles. The zero-order valence-electron chi connectivity index (χ0n) is 18.8. The van der Waals surface area contributed by atoms with Crippen molar-refractivity contribution in [2.24, 2.45) is 0 Å². The van der Waals surface area contributed by atoms with Crippen LogP contribution in [0, 0.1) is 6.92 Å². The molecule has 0 atom stereocenters. The fraction of sp³-hybridized carbons (Fsp3) is 0.115. The highest BCUT2D eigenvalue weighted by Crippen LogP contribution is 2.37. The summed E-state index contributed by atoms with van der Waals surface area (Å²) in [5.74, 6) is -0.425. The smallest absolute Gasteiger partial charge is 0.350 e. The number of fused-ring (bicyclic) bond motifs is 2. The first-order valence-corrected chi connectivity index (χ1v) is 12.6. The minimum absolute atomic E-state index is 0.248. The zero-order valence-corrected chi connectivity index (χ0v) is 21.1. The Morgan fingerprint density at radius 1 is 1.00 bits per heavy atom. The second-order valence-corrected chi connectivity index (χ2v) is 10.3. The third-order valence-corrected chi connectivity index (χ3v) is 8.02. The summed E-state index contributed by atoms with van der Waals surface area (Å²) in [5, 5.41) is 4.69. The fourth-order valence-corrected chi connectivity index (χ4v) is 6.05. The number of benzene rings is 3. The molecule has 0 saturated heterocycles. The lowest BCUT2D eigenvalue weighted by Gasteiger charge is -2.07. The molecule has 0 saturated carbocycles. The predicted octanol–water partition coefficient (Wildman–Crippen LogP) is 6.94. The van der Waals surface area contributed by atoms with Crippen LogP contribution in [0.15, 0.2) is 60.7 Å². The molecule has 176 valence electrons. The Morgan fingerprint density at radius 3 is 2.57 bits per heavy atom. The van der Waals surface area contributed by atoms with E-state index < -0.39 is 18.5 Å². The third kappa shape index (κ3) is 4.86. The highest BCUT2D eigenvalue weighted by atomic mass is 35.5. The predicted molar refractivity (Wildman–Crippen MR) is 142 cm³/mol. The van der Waals surface area contributed by atoms with Crippen LogP contribution in [0.4, 0.5) is 5.69 Å². The fourth-order valence-electron chi connectivity index (χ4n) is 3.55. The van der Waals surface area contributed by atoms with Crippen molar-refractivity contribution in [2.45, 2.75) is 6.92 Å². The molecule has 1 N–H and O–H groups in total. The highest BCUT2D eigenvalue weighted by Gasteiger charge is 2.20. The Morgan fingerprint density at radius 2 is 1.80 bits per heavy atom. The van der Waals surface area contributed by atoms with Gasteiger partial charge in [0.25, 0.3) is 5.91 Å².